The molecule has 2 aromatic carbocycles. The molecule has 0 bridgehead atoms. The summed E-state index contributed by atoms with van der Waals surface area (Å²) in [5, 5.41) is 0. The number of para-hydroxylation sites is 1. The smallest absolute Gasteiger partial charge is 0.0346 e. The summed E-state index contributed by atoms with van der Waals surface area (Å²) in [6, 6.07) is 16.6. The van der Waals surface area contributed by atoms with Crippen LogP contribution < -0.4 is 5.73 Å². The van der Waals surface area contributed by atoms with Crippen LogP contribution in [-0.4, -0.2) is 0 Å². The summed E-state index contributed by atoms with van der Waals surface area (Å²) in [4.78, 5) is 0. The maximum atomic E-state index is 5.92. The Balaban J connectivity index is 2.09. The normalized spacial score (nSPS) is 10.3. The van der Waals surface area contributed by atoms with Crippen molar-refractivity contribution in [2.75, 3.05) is 5.73 Å². The molecular formula is C15H17N. The first-order valence-corrected chi connectivity index (χ1v) is 5.65. The van der Waals surface area contributed by atoms with E-state index in [9.17, 15) is 0 Å². The molecule has 0 amide bonds. The average Bonchev–Trinajstić information content (AvgIpc) is 2.30. The lowest BCUT2D eigenvalue weighted by atomic mass is 10.00. The third kappa shape index (κ3) is 2.43. The van der Waals surface area contributed by atoms with E-state index in [1.807, 2.05) is 18.2 Å². The minimum atomic E-state index is 0.899. The largest absolute Gasteiger partial charge is 0.399 e. The molecule has 82 valence electrons. The fourth-order valence-electron chi connectivity index (χ4n) is 1.92. The third-order valence-corrected chi connectivity index (χ3v) is 2.98. The third-order valence-electron chi connectivity index (χ3n) is 2.98. The van der Waals surface area contributed by atoms with Gasteiger partial charge < -0.3 is 5.73 Å². The highest BCUT2D eigenvalue weighted by atomic mass is 14.6. The van der Waals surface area contributed by atoms with Gasteiger partial charge in [-0.15, -0.1) is 0 Å². The molecule has 0 aromatic heterocycles. The number of rotatable bonds is 3. The Morgan fingerprint density at radius 3 is 2.06 bits per heavy atom. The topological polar surface area (TPSA) is 26.0 Å². The van der Waals surface area contributed by atoms with Gasteiger partial charge in [0.05, 0.1) is 0 Å². The summed E-state index contributed by atoms with van der Waals surface area (Å²) < 4.78 is 0. The highest BCUT2D eigenvalue weighted by molar-refractivity contribution is 5.46. The average molecular weight is 211 g/mol. The van der Waals surface area contributed by atoms with Crippen molar-refractivity contribution in [2.24, 2.45) is 0 Å². The summed E-state index contributed by atoms with van der Waals surface area (Å²) in [6.45, 7) is 2.16. The zero-order valence-corrected chi connectivity index (χ0v) is 9.61. The molecule has 0 saturated heterocycles. The molecule has 0 aliphatic carbocycles. The van der Waals surface area contributed by atoms with E-state index in [1.165, 1.54) is 16.7 Å². The first kappa shape index (κ1) is 10.7. The van der Waals surface area contributed by atoms with Crippen molar-refractivity contribution in [3.05, 3.63) is 65.2 Å². The Morgan fingerprint density at radius 2 is 1.38 bits per heavy atom. The summed E-state index contributed by atoms with van der Waals surface area (Å²) in [5.74, 6) is 0. The number of nitrogens with two attached hydrogens (primary N) is 1. The molecule has 0 radical (unpaired) electrons. The second kappa shape index (κ2) is 4.84. The monoisotopic (exact) mass is 211 g/mol. The van der Waals surface area contributed by atoms with Gasteiger partial charge in [0.25, 0.3) is 0 Å². The number of anilines is 1. The standard InChI is InChI=1S/C15H17N/c1-12-6-2-3-7-13(12)10-11-14-8-4-5-9-15(14)16/h2-9H,10-11,16H2,1H3. The highest BCUT2D eigenvalue weighted by Gasteiger charge is 2.00. The van der Waals surface area contributed by atoms with Gasteiger partial charge in [-0.1, -0.05) is 42.5 Å². The van der Waals surface area contributed by atoms with Crippen LogP contribution in [-0.2, 0) is 12.8 Å². The quantitative estimate of drug-likeness (QED) is 0.774. The van der Waals surface area contributed by atoms with Gasteiger partial charge in [0, 0.05) is 5.69 Å². The van der Waals surface area contributed by atoms with E-state index in [0.29, 0.717) is 0 Å². The highest BCUT2D eigenvalue weighted by Crippen LogP contribution is 2.15. The van der Waals surface area contributed by atoms with Crippen LogP contribution in [0.25, 0.3) is 0 Å². The van der Waals surface area contributed by atoms with Gasteiger partial charge in [0.1, 0.15) is 0 Å². The molecule has 0 heterocycles. The minimum absolute atomic E-state index is 0.899. The van der Waals surface area contributed by atoms with E-state index < -0.39 is 0 Å². The summed E-state index contributed by atoms with van der Waals surface area (Å²) >= 11 is 0. The van der Waals surface area contributed by atoms with Crippen molar-refractivity contribution in [2.45, 2.75) is 19.8 Å². The van der Waals surface area contributed by atoms with Gasteiger partial charge in [0.2, 0.25) is 0 Å². The zero-order chi connectivity index (χ0) is 11.4. The van der Waals surface area contributed by atoms with Gasteiger partial charge in [-0.25, -0.2) is 0 Å². The summed E-state index contributed by atoms with van der Waals surface area (Å²) in [6.07, 6.45) is 2.07. The van der Waals surface area contributed by atoms with Crippen LogP contribution in [0.4, 0.5) is 5.69 Å². The predicted molar refractivity (Wildman–Crippen MR) is 69.4 cm³/mol. The van der Waals surface area contributed by atoms with Gasteiger partial charge in [-0.05, 0) is 42.5 Å². The molecule has 0 aliphatic rings. The number of hydrogen-bond donors (Lipinski definition) is 1. The number of nitrogen functional groups attached to an aromatic ring is 1. The summed E-state index contributed by atoms with van der Waals surface area (Å²) in [7, 11) is 0. The first-order chi connectivity index (χ1) is 7.77. The van der Waals surface area contributed by atoms with E-state index >= 15 is 0 Å². The Labute approximate surface area is 96.9 Å². The molecule has 0 atom stereocenters. The molecule has 2 N–H and O–H groups in total. The maximum absolute atomic E-state index is 5.92. The van der Waals surface area contributed by atoms with Crippen LogP contribution in [0.2, 0.25) is 0 Å². The van der Waals surface area contributed by atoms with E-state index in [1.54, 1.807) is 0 Å². The molecule has 0 unspecified atom stereocenters. The fraction of sp³-hybridized carbons (Fsp3) is 0.200. The molecule has 0 saturated carbocycles. The molecule has 1 heteroatoms. The minimum Gasteiger partial charge on any atom is -0.399 e. The zero-order valence-electron chi connectivity index (χ0n) is 9.61. The van der Waals surface area contributed by atoms with Crippen molar-refractivity contribution in [3.8, 4) is 0 Å². The van der Waals surface area contributed by atoms with E-state index in [2.05, 4.69) is 37.3 Å². The van der Waals surface area contributed by atoms with Crippen LogP contribution in [0.3, 0.4) is 0 Å². The lowest BCUT2D eigenvalue weighted by molar-refractivity contribution is 0.952. The summed E-state index contributed by atoms with van der Waals surface area (Å²) in [5.41, 5.74) is 10.8. The van der Waals surface area contributed by atoms with E-state index in [0.717, 1.165) is 18.5 Å². The van der Waals surface area contributed by atoms with Crippen molar-refractivity contribution in [1.82, 2.24) is 0 Å². The van der Waals surface area contributed by atoms with Gasteiger partial charge in [0.15, 0.2) is 0 Å². The van der Waals surface area contributed by atoms with Crippen LogP contribution >= 0.6 is 0 Å². The first-order valence-electron chi connectivity index (χ1n) is 5.65. The molecule has 0 spiro atoms. The molecule has 0 aliphatic heterocycles. The fourth-order valence-corrected chi connectivity index (χ4v) is 1.92. The molecule has 0 fully saturated rings. The van der Waals surface area contributed by atoms with Crippen molar-refractivity contribution >= 4 is 5.69 Å². The van der Waals surface area contributed by atoms with E-state index in [-0.39, 0.29) is 0 Å². The molecular weight excluding hydrogens is 194 g/mol. The second-order valence-corrected chi connectivity index (χ2v) is 4.13. The second-order valence-electron chi connectivity index (χ2n) is 4.13. The Hall–Kier alpha value is -1.76. The van der Waals surface area contributed by atoms with Gasteiger partial charge >= 0.3 is 0 Å². The van der Waals surface area contributed by atoms with Crippen LogP contribution in [0.5, 0.6) is 0 Å². The van der Waals surface area contributed by atoms with Crippen LogP contribution in [0.1, 0.15) is 16.7 Å². The predicted octanol–water partition coefficient (Wildman–Crippen LogP) is 3.36. The van der Waals surface area contributed by atoms with Gasteiger partial charge in [-0.2, -0.15) is 0 Å². The lowest BCUT2D eigenvalue weighted by Gasteiger charge is -2.07. The van der Waals surface area contributed by atoms with Crippen molar-refractivity contribution in [3.63, 3.8) is 0 Å². The van der Waals surface area contributed by atoms with Crippen LogP contribution in [0.15, 0.2) is 48.5 Å². The Kier molecular flexibility index (Phi) is 3.25. The van der Waals surface area contributed by atoms with Crippen molar-refractivity contribution < 1.29 is 0 Å². The van der Waals surface area contributed by atoms with Crippen molar-refractivity contribution in [1.29, 1.82) is 0 Å². The number of benzene rings is 2. The molecule has 16 heavy (non-hydrogen) atoms. The number of hydrogen-bond acceptors (Lipinski definition) is 1. The van der Waals surface area contributed by atoms with Crippen LogP contribution in [0, 0.1) is 6.92 Å². The Bertz CT molecular complexity index is 429. The number of aryl methyl sites for hydroxylation is 3. The van der Waals surface area contributed by atoms with Gasteiger partial charge in [-0.3, -0.25) is 0 Å². The molecule has 2 rings (SSSR count). The molecule has 2 aromatic rings. The maximum Gasteiger partial charge on any atom is 0.0346 e. The Morgan fingerprint density at radius 1 is 0.812 bits per heavy atom. The SMILES string of the molecule is Cc1ccccc1CCc1ccccc1N. The molecule has 1 nitrogen and oxygen atoms in total. The lowest BCUT2D eigenvalue weighted by Crippen LogP contribution is -1.97. The van der Waals surface area contributed by atoms with E-state index in [4.69, 9.17) is 5.73 Å².